The first kappa shape index (κ1) is 19.1. The number of carbonyl (C=O) groups is 1. The zero-order valence-electron chi connectivity index (χ0n) is 16.2. The van der Waals surface area contributed by atoms with Crippen LogP contribution in [0.4, 0.5) is 0 Å². The SMILES string of the molecule is O=C(COc1ccc2ccc(=O)oc2c1)NCc1ccc(-c2nc3ccccc3s2)o1. The van der Waals surface area contributed by atoms with Crippen LogP contribution in [0.15, 0.2) is 80.4 Å². The van der Waals surface area contributed by atoms with Crippen molar-refractivity contribution in [2.24, 2.45) is 0 Å². The van der Waals surface area contributed by atoms with Crippen LogP contribution >= 0.6 is 11.3 Å². The van der Waals surface area contributed by atoms with E-state index in [1.807, 2.05) is 36.4 Å². The molecule has 5 aromatic rings. The van der Waals surface area contributed by atoms with Crippen molar-refractivity contribution in [1.82, 2.24) is 10.3 Å². The Morgan fingerprint density at radius 2 is 1.90 bits per heavy atom. The Hall–Kier alpha value is -3.91. The largest absolute Gasteiger partial charge is 0.484 e. The lowest BCUT2D eigenvalue weighted by Crippen LogP contribution is -2.28. The van der Waals surface area contributed by atoms with Gasteiger partial charge in [-0.15, -0.1) is 11.3 Å². The summed E-state index contributed by atoms with van der Waals surface area (Å²) in [5.41, 5.74) is 0.897. The molecule has 8 heteroatoms. The fourth-order valence-corrected chi connectivity index (χ4v) is 4.01. The smallest absolute Gasteiger partial charge is 0.336 e. The van der Waals surface area contributed by atoms with Crippen LogP contribution in [0.5, 0.6) is 5.75 Å². The molecule has 0 spiro atoms. The second kappa shape index (κ2) is 8.08. The van der Waals surface area contributed by atoms with Gasteiger partial charge in [0.05, 0.1) is 16.8 Å². The zero-order valence-corrected chi connectivity index (χ0v) is 17.0. The summed E-state index contributed by atoms with van der Waals surface area (Å²) in [5.74, 6) is 1.43. The van der Waals surface area contributed by atoms with Crippen LogP contribution in [0.25, 0.3) is 32.0 Å². The van der Waals surface area contributed by atoms with Crippen molar-refractivity contribution in [2.45, 2.75) is 6.54 Å². The van der Waals surface area contributed by atoms with Crippen molar-refractivity contribution >= 4 is 38.4 Å². The van der Waals surface area contributed by atoms with Crippen LogP contribution in [0, 0.1) is 0 Å². The van der Waals surface area contributed by atoms with Crippen LogP contribution in [-0.2, 0) is 11.3 Å². The lowest BCUT2D eigenvalue weighted by atomic mass is 10.2. The normalized spacial score (nSPS) is 11.1. The maximum Gasteiger partial charge on any atom is 0.336 e. The van der Waals surface area contributed by atoms with E-state index < -0.39 is 5.63 Å². The molecule has 0 aliphatic heterocycles. The summed E-state index contributed by atoms with van der Waals surface area (Å²) >= 11 is 1.56. The van der Waals surface area contributed by atoms with E-state index >= 15 is 0 Å². The van der Waals surface area contributed by atoms with E-state index in [1.165, 1.54) is 6.07 Å². The van der Waals surface area contributed by atoms with Gasteiger partial charge in [0.2, 0.25) is 0 Å². The number of amides is 1. The number of furan rings is 1. The van der Waals surface area contributed by atoms with E-state index in [0.717, 1.165) is 20.6 Å². The van der Waals surface area contributed by atoms with Crippen molar-refractivity contribution in [3.05, 3.63) is 82.9 Å². The molecule has 0 aliphatic rings. The molecule has 0 saturated carbocycles. The van der Waals surface area contributed by atoms with E-state index in [2.05, 4.69) is 10.3 Å². The Morgan fingerprint density at radius 3 is 2.81 bits per heavy atom. The van der Waals surface area contributed by atoms with Crippen molar-refractivity contribution in [3.63, 3.8) is 0 Å². The van der Waals surface area contributed by atoms with E-state index in [9.17, 15) is 9.59 Å². The molecule has 5 rings (SSSR count). The van der Waals surface area contributed by atoms with Gasteiger partial charge in [-0.2, -0.15) is 0 Å². The third-order valence-corrected chi connectivity index (χ3v) is 5.64. The van der Waals surface area contributed by atoms with Gasteiger partial charge in [0, 0.05) is 17.5 Å². The Balaban J connectivity index is 1.18. The van der Waals surface area contributed by atoms with Crippen LogP contribution in [0.3, 0.4) is 0 Å². The van der Waals surface area contributed by atoms with Crippen molar-refractivity contribution in [2.75, 3.05) is 6.61 Å². The van der Waals surface area contributed by atoms with E-state index in [-0.39, 0.29) is 19.1 Å². The molecule has 1 N–H and O–H groups in total. The summed E-state index contributed by atoms with van der Waals surface area (Å²) in [6.07, 6.45) is 0. The number of para-hydroxylation sites is 1. The Kier molecular flexibility index (Phi) is 4.97. The standard InChI is InChI=1S/C23H16N2O5S/c26-21(13-28-15-7-5-14-6-10-22(27)30-19(14)11-15)24-12-16-8-9-18(29-16)23-25-17-3-1-2-4-20(17)31-23/h1-11H,12-13H2,(H,24,26). The summed E-state index contributed by atoms with van der Waals surface area (Å²) in [5, 5.41) is 4.33. The van der Waals surface area contributed by atoms with E-state index in [1.54, 1.807) is 35.6 Å². The molecule has 0 radical (unpaired) electrons. The van der Waals surface area contributed by atoms with Gasteiger partial charge in [0.1, 0.15) is 17.1 Å². The van der Waals surface area contributed by atoms with Gasteiger partial charge in [-0.3, -0.25) is 4.79 Å². The minimum absolute atomic E-state index is 0.173. The maximum atomic E-state index is 12.1. The van der Waals surface area contributed by atoms with Gasteiger partial charge in [0.15, 0.2) is 17.4 Å². The predicted octanol–water partition coefficient (Wildman–Crippen LogP) is 4.36. The summed E-state index contributed by atoms with van der Waals surface area (Å²) in [4.78, 5) is 28.0. The van der Waals surface area contributed by atoms with Gasteiger partial charge in [-0.05, 0) is 42.5 Å². The number of thiazole rings is 1. The second-order valence-electron chi connectivity index (χ2n) is 6.77. The summed E-state index contributed by atoms with van der Waals surface area (Å²) in [7, 11) is 0. The van der Waals surface area contributed by atoms with E-state index in [0.29, 0.717) is 22.9 Å². The first-order valence-corrected chi connectivity index (χ1v) is 10.3. The molecule has 7 nitrogen and oxygen atoms in total. The number of rotatable bonds is 6. The van der Waals surface area contributed by atoms with Crippen molar-refractivity contribution in [3.8, 4) is 16.5 Å². The maximum absolute atomic E-state index is 12.1. The predicted molar refractivity (Wildman–Crippen MR) is 117 cm³/mol. The minimum atomic E-state index is -0.439. The fourth-order valence-electron chi connectivity index (χ4n) is 3.08. The molecule has 0 bridgehead atoms. The number of benzene rings is 2. The van der Waals surface area contributed by atoms with Crippen LogP contribution in [0.1, 0.15) is 5.76 Å². The highest BCUT2D eigenvalue weighted by Crippen LogP contribution is 2.31. The molecular formula is C23H16N2O5S. The van der Waals surface area contributed by atoms with Gasteiger partial charge < -0.3 is 18.9 Å². The van der Waals surface area contributed by atoms with Gasteiger partial charge in [0.25, 0.3) is 5.91 Å². The highest BCUT2D eigenvalue weighted by atomic mass is 32.1. The number of hydrogen-bond acceptors (Lipinski definition) is 7. The molecule has 31 heavy (non-hydrogen) atoms. The molecule has 0 fully saturated rings. The Bertz CT molecular complexity index is 1420. The highest BCUT2D eigenvalue weighted by Gasteiger charge is 2.11. The van der Waals surface area contributed by atoms with Crippen LogP contribution < -0.4 is 15.7 Å². The number of fused-ring (bicyclic) bond motifs is 2. The van der Waals surface area contributed by atoms with Crippen LogP contribution in [0.2, 0.25) is 0 Å². The number of aromatic nitrogens is 1. The monoisotopic (exact) mass is 432 g/mol. The second-order valence-corrected chi connectivity index (χ2v) is 7.80. The van der Waals surface area contributed by atoms with Crippen molar-refractivity contribution < 1.29 is 18.4 Å². The third-order valence-electron chi connectivity index (χ3n) is 4.59. The summed E-state index contributed by atoms with van der Waals surface area (Å²) in [6.45, 7) is 0.0632. The number of hydrogen-bond donors (Lipinski definition) is 1. The zero-order chi connectivity index (χ0) is 21.2. The summed E-state index contributed by atoms with van der Waals surface area (Å²) in [6, 6.07) is 19.6. The Morgan fingerprint density at radius 1 is 1.03 bits per heavy atom. The molecule has 3 aromatic heterocycles. The summed E-state index contributed by atoms with van der Waals surface area (Å²) < 4.78 is 17.5. The molecular weight excluding hydrogens is 416 g/mol. The number of nitrogens with one attached hydrogen (secondary N) is 1. The van der Waals surface area contributed by atoms with E-state index in [4.69, 9.17) is 13.6 Å². The average Bonchev–Trinajstić information content (AvgIpc) is 3.42. The number of nitrogens with zero attached hydrogens (tertiary/aromatic N) is 1. The molecule has 0 saturated heterocycles. The van der Waals surface area contributed by atoms with Gasteiger partial charge in [-0.25, -0.2) is 9.78 Å². The topological polar surface area (TPSA) is 94.6 Å². The lowest BCUT2D eigenvalue weighted by molar-refractivity contribution is -0.123. The van der Waals surface area contributed by atoms with Crippen molar-refractivity contribution in [1.29, 1.82) is 0 Å². The first-order valence-electron chi connectivity index (χ1n) is 9.52. The molecule has 0 aliphatic carbocycles. The molecule has 154 valence electrons. The molecule has 2 aromatic carbocycles. The van der Waals surface area contributed by atoms with Gasteiger partial charge >= 0.3 is 5.63 Å². The average molecular weight is 432 g/mol. The highest BCUT2D eigenvalue weighted by molar-refractivity contribution is 7.21. The molecule has 1 amide bonds. The fraction of sp³-hybridized carbons (Fsp3) is 0.0870. The number of carbonyl (C=O) groups excluding carboxylic acids is 1. The molecule has 0 unspecified atom stereocenters. The quantitative estimate of drug-likeness (QED) is 0.401. The van der Waals surface area contributed by atoms with Gasteiger partial charge in [-0.1, -0.05) is 12.1 Å². The first-order chi connectivity index (χ1) is 15.1. The minimum Gasteiger partial charge on any atom is -0.484 e. The Labute approximate surface area is 179 Å². The van der Waals surface area contributed by atoms with Crippen LogP contribution in [-0.4, -0.2) is 17.5 Å². The molecule has 3 heterocycles. The number of ether oxygens (including phenoxy) is 1. The third kappa shape index (κ3) is 4.19. The molecule has 0 atom stereocenters. The lowest BCUT2D eigenvalue weighted by Gasteiger charge is -2.07.